The number of hydrogen-bond acceptors (Lipinski definition) is 7. The van der Waals surface area contributed by atoms with E-state index >= 15 is 0 Å². The summed E-state index contributed by atoms with van der Waals surface area (Å²) in [5, 5.41) is 8.04. The van der Waals surface area contributed by atoms with Gasteiger partial charge in [0, 0.05) is 19.0 Å². The van der Waals surface area contributed by atoms with Gasteiger partial charge in [-0.1, -0.05) is 18.2 Å². The topological polar surface area (TPSA) is 77.4 Å². The van der Waals surface area contributed by atoms with E-state index < -0.39 is 0 Å². The van der Waals surface area contributed by atoms with Crippen LogP contribution in [0.2, 0.25) is 0 Å². The van der Waals surface area contributed by atoms with Crippen molar-refractivity contribution < 1.29 is 13.6 Å². The van der Waals surface area contributed by atoms with Crippen LogP contribution in [0.25, 0.3) is 11.5 Å². The minimum atomic E-state index is -0.0646. The molecule has 1 aliphatic heterocycles. The van der Waals surface area contributed by atoms with E-state index in [1.54, 1.807) is 13.1 Å². The van der Waals surface area contributed by atoms with Gasteiger partial charge in [-0.2, -0.15) is 0 Å². The second kappa shape index (κ2) is 6.54. The summed E-state index contributed by atoms with van der Waals surface area (Å²) in [6.07, 6.45) is 1.77. The zero-order valence-electron chi connectivity index (χ0n) is 13.4. The molecule has 1 unspecified atom stereocenters. The zero-order valence-corrected chi connectivity index (χ0v) is 13.4. The van der Waals surface area contributed by atoms with E-state index in [-0.39, 0.29) is 6.04 Å². The molecule has 2 aromatic heterocycles. The van der Waals surface area contributed by atoms with Gasteiger partial charge in [-0.25, -0.2) is 4.98 Å². The van der Waals surface area contributed by atoms with E-state index in [0.717, 1.165) is 17.9 Å². The van der Waals surface area contributed by atoms with Crippen LogP contribution in [0.3, 0.4) is 0 Å². The highest BCUT2D eigenvalue weighted by molar-refractivity contribution is 5.52. The third-order valence-corrected chi connectivity index (χ3v) is 4.00. The molecule has 1 atom stereocenters. The molecule has 1 aromatic carbocycles. The van der Waals surface area contributed by atoms with Gasteiger partial charge in [0.25, 0.3) is 0 Å². The van der Waals surface area contributed by atoms with Crippen molar-refractivity contribution in [2.24, 2.45) is 0 Å². The molecule has 0 saturated carbocycles. The summed E-state index contributed by atoms with van der Waals surface area (Å²) < 4.78 is 17.0. The van der Waals surface area contributed by atoms with Crippen LogP contribution in [-0.2, 0) is 11.3 Å². The van der Waals surface area contributed by atoms with Crippen LogP contribution in [0.4, 0.5) is 0 Å². The van der Waals surface area contributed by atoms with Crippen molar-refractivity contribution >= 4 is 0 Å². The van der Waals surface area contributed by atoms with E-state index in [2.05, 4.69) is 20.1 Å². The predicted octanol–water partition coefficient (Wildman–Crippen LogP) is 2.61. The van der Waals surface area contributed by atoms with Gasteiger partial charge in [-0.3, -0.25) is 4.90 Å². The van der Waals surface area contributed by atoms with Gasteiger partial charge in [-0.05, 0) is 12.1 Å². The fourth-order valence-electron chi connectivity index (χ4n) is 2.80. The number of aryl methyl sites for hydroxylation is 1. The van der Waals surface area contributed by atoms with Crippen molar-refractivity contribution in [1.29, 1.82) is 0 Å². The summed E-state index contributed by atoms with van der Waals surface area (Å²) in [4.78, 5) is 6.59. The second-order valence-corrected chi connectivity index (χ2v) is 5.72. The average molecular weight is 326 g/mol. The van der Waals surface area contributed by atoms with Gasteiger partial charge in [0.15, 0.2) is 0 Å². The number of rotatable bonds is 4. The largest absolute Gasteiger partial charge is 0.440 e. The zero-order chi connectivity index (χ0) is 16.4. The highest BCUT2D eigenvalue weighted by Gasteiger charge is 2.29. The van der Waals surface area contributed by atoms with Gasteiger partial charge in [0.05, 0.1) is 26.0 Å². The van der Waals surface area contributed by atoms with Crippen LogP contribution in [0.15, 0.2) is 45.4 Å². The van der Waals surface area contributed by atoms with Gasteiger partial charge in [-0.15, -0.1) is 10.2 Å². The molecule has 0 radical (unpaired) electrons. The SMILES string of the molecule is Cc1nnc(C2COCCN2Cc2cnc(-c3ccccc3)o2)o1. The number of aromatic nitrogens is 3. The Morgan fingerprint density at radius 3 is 2.83 bits per heavy atom. The third-order valence-electron chi connectivity index (χ3n) is 4.00. The molecular weight excluding hydrogens is 308 g/mol. The highest BCUT2D eigenvalue weighted by Crippen LogP contribution is 2.26. The molecule has 1 fully saturated rings. The molecule has 1 aliphatic rings. The Kier molecular flexibility index (Phi) is 4.10. The van der Waals surface area contributed by atoms with Crippen LogP contribution in [0.5, 0.6) is 0 Å². The number of ether oxygens (including phenoxy) is 1. The monoisotopic (exact) mass is 326 g/mol. The summed E-state index contributed by atoms with van der Waals surface area (Å²) in [6.45, 7) is 4.38. The molecule has 0 aliphatic carbocycles. The predicted molar refractivity (Wildman–Crippen MR) is 84.9 cm³/mol. The lowest BCUT2D eigenvalue weighted by atomic mass is 10.2. The van der Waals surface area contributed by atoms with Crippen molar-refractivity contribution in [3.63, 3.8) is 0 Å². The summed E-state index contributed by atoms with van der Waals surface area (Å²) in [6, 6.07) is 9.80. The molecule has 124 valence electrons. The first-order valence-electron chi connectivity index (χ1n) is 7.91. The van der Waals surface area contributed by atoms with Crippen LogP contribution < -0.4 is 0 Å². The lowest BCUT2D eigenvalue weighted by Crippen LogP contribution is -2.39. The second-order valence-electron chi connectivity index (χ2n) is 5.72. The molecule has 0 spiro atoms. The molecule has 3 aromatic rings. The van der Waals surface area contributed by atoms with Crippen LogP contribution in [0.1, 0.15) is 23.6 Å². The molecule has 0 N–H and O–H groups in total. The maximum absolute atomic E-state index is 5.90. The quantitative estimate of drug-likeness (QED) is 0.729. The van der Waals surface area contributed by atoms with Crippen molar-refractivity contribution in [3.05, 3.63) is 54.1 Å². The average Bonchev–Trinajstić information content (AvgIpc) is 3.25. The van der Waals surface area contributed by atoms with Crippen LogP contribution in [-0.4, -0.2) is 39.8 Å². The Morgan fingerprint density at radius 1 is 1.17 bits per heavy atom. The lowest BCUT2D eigenvalue weighted by Gasteiger charge is -2.32. The number of morpholine rings is 1. The Bertz CT molecular complexity index is 799. The van der Waals surface area contributed by atoms with E-state index in [9.17, 15) is 0 Å². The van der Waals surface area contributed by atoms with Gasteiger partial charge in [0.1, 0.15) is 11.8 Å². The van der Waals surface area contributed by atoms with Gasteiger partial charge >= 0.3 is 0 Å². The van der Waals surface area contributed by atoms with Crippen LogP contribution >= 0.6 is 0 Å². The highest BCUT2D eigenvalue weighted by atomic mass is 16.5. The molecule has 7 nitrogen and oxygen atoms in total. The summed E-state index contributed by atoms with van der Waals surface area (Å²) in [7, 11) is 0. The molecule has 0 amide bonds. The van der Waals surface area contributed by atoms with Crippen molar-refractivity contribution in [1.82, 2.24) is 20.1 Å². The number of benzene rings is 1. The molecule has 4 rings (SSSR count). The number of oxazole rings is 1. The molecule has 7 heteroatoms. The Morgan fingerprint density at radius 2 is 2.04 bits per heavy atom. The maximum Gasteiger partial charge on any atom is 0.235 e. The summed E-state index contributed by atoms with van der Waals surface area (Å²) in [5.41, 5.74) is 0.967. The molecule has 3 heterocycles. The first-order valence-corrected chi connectivity index (χ1v) is 7.91. The van der Waals surface area contributed by atoms with E-state index in [4.69, 9.17) is 13.6 Å². The van der Waals surface area contributed by atoms with E-state index in [1.165, 1.54) is 0 Å². The summed E-state index contributed by atoms with van der Waals surface area (Å²) in [5.74, 6) is 2.57. The fraction of sp³-hybridized carbons (Fsp3) is 0.353. The van der Waals surface area contributed by atoms with Crippen molar-refractivity contribution in [2.45, 2.75) is 19.5 Å². The minimum Gasteiger partial charge on any atom is -0.440 e. The molecule has 24 heavy (non-hydrogen) atoms. The summed E-state index contributed by atoms with van der Waals surface area (Å²) >= 11 is 0. The smallest absolute Gasteiger partial charge is 0.235 e. The molecule has 0 bridgehead atoms. The third kappa shape index (κ3) is 3.08. The number of hydrogen-bond donors (Lipinski definition) is 0. The lowest BCUT2D eigenvalue weighted by molar-refractivity contribution is -0.0250. The van der Waals surface area contributed by atoms with E-state index in [0.29, 0.717) is 37.4 Å². The van der Waals surface area contributed by atoms with Gasteiger partial charge < -0.3 is 13.6 Å². The molecule has 1 saturated heterocycles. The molecular formula is C17H18N4O3. The first kappa shape index (κ1) is 15.0. The fourth-order valence-corrected chi connectivity index (χ4v) is 2.80. The van der Waals surface area contributed by atoms with Crippen molar-refractivity contribution in [3.8, 4) is 11.5 Å². The maximum atomic E-state index is 5.90. The van der Waals surface area contributed by atoms with Crippen LogP contribution in [0, 0.1) is 6.92 Å². The first-order chi connectivity index (χ1) is 11.8. The van der Waals surface area contributed by atoms with Gasteiger partial charge in [0.2, 0.25) is 17.7 Å². The minimum absolute atomic E-state index is 0.0646. The Labute approximate surface area is 139 Å². The Hall–Kier alpha value is -2.51. The number of nitrogens with zero attached hydrogens (tertiary/aromatic N) is 4. The standard InChI is InChI=1S/C17H18N4O3/c1-12-19-20-17(23-12)15-11-22-8-7-21(15)10-14-9-18-16(24-14)13-5-3-2-4-6-13/h2-6,9,15H,7-8,10-11H2,1H3. The van der Waals surface area contributed by atoms with E-state index in [1.807, 2.05) is 30.3 Å². The van der Waals surface area contributed by atoms with Crippen molar-refractivity contribution in [2.75, 3.05) is 19.8 Å². The Balaban J connectivity index is 1.52. The normalized spacial score (nSPS) is 18.8.